The molecular weight excluding hydrogens is 229 g/mol. The summed E-state index contributed by atoms with van der Waals surface area (Å²) in [6.07, 6.45) is 5.41. The van der Waals surface area contributed by atoms with Gasteiger partial charge in [-0.25, -0.2) is 4.39 Å². The van der Waals surface area contributed by atoms with Crippen molar-refractivity contribution in [2.75, 3.05) is 13.7 Å². The zero-order chi connectivity index (χ0) is 13.0. The number of hydrogen-bond acceptors (Lipinski definition) is 2. The van der Waals surface area contributed by atoms with E-state index in [-0.39, 0.29) is 11.9 Å². The minimum Gasteiger partial charge on any atom is -0.494 e. The molecule has 1 aliphatic rings. The highest BCUT2D eigenvalue weighted by molar-refractivity contribution is 5.31. The molecule has 1 atom stereocenters. The van der Waals surface area contributed by atoms with Crippen molar-refractivity contribution in [3.63, 3.8) is 0 Å². The van der Waals surface area contributed by atoms with Gasteiger partial charge in [0.15, 0.2) is 11.6 Å². The van der Waals surface area contributed by atoms with Crippen LogP contribution in [0.2, 0.25) is 0 Å². The van der Waals surface area contributed by atoms with Gasteiger partial charge in [0.25, 0.3) is 0 Å². The van der Waals surface area contributed by atoms with Gasteiger partial charge in [-0.3, -0.25) is 0 Å². The van der Waals surface area contributed by atoms with E-state index in [0.717, 1.165) is 18.0 Å². The van der Waals surface area contributed by atoms with Crippen LogP contribution in [0.25, 0.3) is 0 Å². The van der Waals surface area contributed by atoms with Crippen molar-refractivity contribution in [2.45, 2.75) is 38.6 Å². The van der Waals surface area contributed by atoms with Crippen molar-refractivity contribution in [3.05, 3.63) is 29.6 Å². The van der Waals surface area contributed by atoms with Gasteiger partial charge in [0.2, 0.25) is 0 Å². The Balaban J connectivity index is 1.93. The van der Waals surface area contributed by atoms with E-state index < -0.39 is 0 Å². The van der Waals surface area contributed by atoms with Crippen molar-refractivity contribution < 1.29 is 9.13 Å². The fourth-order valence-electron chi connectivity index (χ4n) is 2.62. The maximum Gasteiger partial charge on any atom is 0.165 e. The van der Waals surface area contributed by atoms with Gasteiger partial charge in [-0.2, -0.15) is 0 Å². The molecule has 0 radical (unpaired) electrons. The molecule has 0 saturated heterocycles. The molecule has 2 rings (SSSR count). The molecule has 100 valence electrons. The summed E-state index contributed by atoms with van der Waals surface area (Å²) in [6, 6.07) is 5.31. The number of ether oxygens (including phenoxy) is 1. The minimum absolute atomic E-state index is 0.236. The molecule has 0 aromatic heterocycles. The van der Waals surface area contributed by atoms with Gasteiger partial charge in [0.1, 0.15) is 0 Å². The molecule has 1 fully saturated rings. The van der Waals surface area contributed by atoms with Crippen LogP contribution in [0.15, 0.2) is 18.2 Å². The summed E-state index contributed by atoms with van der Waals surface area (Å²) < 4.78 is 18.3. The zero-order valence-corrected chi connectivity index (χ0v) is 11.2. The van der Waals surface area contributed by atoms with E-state index in [0.29, 0.717) is 5.75 Å². The molecule has 1 aliphatic carbocycles. The quantitative estimate of drug-likeness (QED) is 0.862. The summed E-state index contributed by atoms with van der Waals surface area (Å²) in [5.41, 5.74) is 1.08. The maximum atomic E-state index is 13.3. The second kappa shape index (κ2) is 6.19. The largest absolute Gasteiger partial charge is 0.494 e. The molecule has 1 N–H and O–H groups in total. The molecule has 18 heavy (non-hydrogen) atoms. The molecule has 0 bridgehead atoms. The smallest absolute Gasteiger partial charge is 0.165 e. The third-order valence-corrected chi connectivity index (χ3v) is 3.86. The highest BCUT2D eigenvalue weighted by atomic mass is 19.1. The lowest BCUT2D eigenvalue weighted by molar-refractivity contribution is 0.384. The maximum absolute atomic E-state index is 13.3. The van der Waals surface area contributed by atoms with Crippen LogP contribution in [0.4, 0.5) is 4.39 Å². The van der Waals surface area contributed by atoms with Crippen LogP contribution in [-0.2, 0) is 0 Å². The Bertz CT molecular complexity index is 388. The fourth-order valence-corrected chi connectivity index (χ4v) is 2.62. The first-order valence-corrected chi connectivity index (χ1v) is 6.77. The van der Waals surface area contributed by atoms with Crippen molar-refractivity contribution in [1.29, 1.82) is 0 Å². The Kier molecular flexibility index (Phi) is 4.59. The normalized spacial score (nSPS) is 17.9. The number of rotatable bonds is 5. The van der Waals surface area contributed by atoms with Crippen molar-refractivity contribution in [1.82, 2.24) is 5.32 Å². The van der Waals surface area contributed by atoms with Crippen LogP contribution < -0.4 is 10.1 Å². The lowest BCUT2D eigenvalue weighted by Gasteiger charge is -2.18. The van der Waals surface area contributed by atoms with Gasteiger partial charge in [0.05, 0.1) is 7.11 Å². The van der Waals surface area contributed by atoms with Gasteiger partial charge in [-0.05, 0) is 49.9 Å². The SMILES string of the molecule is COc1cc(C(C)NCC2CCCC2)ccc1F. The summed E-state index contributed by atoms with van der Waals surface area (Å²) >= 11 is 0. The average Bonchev–Trinajstić information content (AvgIpc) is 2.89. The molecule has 2 nitrogen and oxygen atoms in total. The lowest BCUT2D eigenvalue weighted by atomic mass is 10.1. The van der Waals surface area contributed by atoms with Crippen LogP contribution in [0.5, 0.6) is 5.75 Å². The van der Waals surface area contributed by atoms with Crippen molar-refractivity contribution in [2.24, 2.45) is 5.92 Å². The number of nitrogens with one attached hydrogen (secondary N) is 1. The van der Waals surface area contributed by atoms with Crippen LogP contribution >= 0.6 is 0 Å². The monoisotopic (exact) mass is 251 g/mol. The third kappa shape index (κ3) is 3.22. The van der Waals surface area contributed by atoms with Gasteiger partial charge in [-0.1, -0.05) is 18.9 Å². The summed E-state index contributed by atoms with van der Waals surface area (Å²) in [5.74, 6) is 0.834. The van der Waals surface area contributed by atoms with Crippen LogP contribution in [0, 0.1) is 11.7 Å². The number of halogens is 1. The molecule has 3 heteroatoms. The Morgan fingerprint density at radius 3 is 2.78 bits per heavy atom. The molecule has 1 saturated carbocycles. The number of methoxy groups -OCH3 is 1. The fraction of sp³-hybridized carbons (Fsp3) is 0.600. The predicted molar refractivity (Wildman–Crippen MR) is 71.3 cm³/mol. The van der Waals surface area contributed by atoms with E-state index in [4.69, 9.17) is 4.74 Å². The van der Waals surface area contributed by atoms with E-state index in [1.165, 1.54) is 38.9 Å². The molecule has 1 aromatic rings. The molecule has 0 aliphatic heterocycles. The topological polar surface area (TPSA) is 21.3 Å². The lowest BCUT2D eigenvalue weighted by Crippen LogP contribution is -2.24. The standard InChI is InChI=1S/C15H22FNO/c1-11(17-10-12-5-3-4-6-12)13-7-8-14(16)15(9-13)18-2/h7-9,11-12,17H,3-6,10H2,1-2H3. The first-order valence-electron chi connectivity index (χ1n) is 6.77. The van der Waals surface area contributed by atoms with Crippen LogP contribution in [-0.4, -0.2) is 13.7 Å². The van der Waals surface area contributed by atoms with E-state index in [1.807, 2.05) is 6.07 Å². The van der Waals surface area contributed by atoms with E-state index in [1.54, 1.807) is 6.07 Å². The average molecular weight is 251 g/mol. The van der Waals surface area contributed by atoms with E-state index in [2.05, 4.69) is 12.2 Å². The number of hydrogen-bond donors (Lipinski definition) is 1. The molecule has 1 aromatic carbocycles. The van der Waals surface area contributed by atoms with E-state index >= 15 is 0 Å². The molecule has 0 spiro atoms. The highest BCUT2D eigenvalue weighted by Gasteiger charge is 2.16. The summed E-state index contributed by atoms with van der Waals surface area (Å²) in [6.45, 7) is 3.17. The Hall–Kier alpha value is -1.09. The van der Waals surface area contributed by atoms with Gasteiger partial charge in [-0.15, -0.1) is 0 Å². The summed E-state index contributed by atoms with van der Waals surface area (Å²) in [4.78, 5) is 0. The van der Waals surface area contributed by atoms with E-state index in [9.17, 15) is 4.39 Å². The molecular formula is C15H22FNO. The Morgan fingerprint density at radius 2 is 2.11 bits per heavy atom. The Morgan fingerprint density at radius 1 is 1.39 bits per heavy atom. The minimum atomic E-state index is -0.302. The highest BCUT2D eigenvalue weighted by Crippen LogP contribution is 2.26. The third-order valence-electron chi connectivity index (χ3n) is 3.86. The predicted octanol–water partition coefficient (Wildman–Crippen LogP) is 3.68. The summed E-state index contributed by atoms with van der Waals surface area (Å²) in [5, 5.41) is 3.53. The van der Waals surface area contributed by atoms with Crippen LogP contribution in [0.1, 0.15) is 44.2 Å². The first kappa shape index (κ1) is 13.3. The molecule has 1 unspecified atom stereocenters. The molecule has 0 amide bonds. The first-order chi connectivity index (χ1) is 8.70. The zero-order valence-electron chi connectivity index (χ0n) is 11.2. The van der Waals surface area contributed by atoms with Gasteiger partial charge >= 0.3 is 0 Å². The molecule has 0 heterocycles. The second-order valence-electron chi connectivity index (χ2n) is 5.17. The second-order valence-corrected chi connectivity index (χ2v) is 5.17. The summed E-state index contributed by atoms with van der Waals surface area (Å²) in [7, 11) is 1.50. The van der Waals surface area contributed by atoms with Crippen LogP contribution in [0.3, 0.4) is 0 Å². The van der Waals surface area contributed by atoms with Gasteiger partial charge < -0.3 is 10.1 Å². The van der Waals surface area contributed by atoms with Gasteiger partial charge in [0, 0.05) is 6.04 Å². The van der Waals surface area contributed by atoms with Crippen molar-refractivity contribution >= 4 is 0 Å². The number of benzene rings is 1. The Labute approximate surface area is 109 Å². The van der Waals surface area contributed by atoms with Crippen molar-refractivity contribution in [3.8, 4) is 5.75 Å².